The Kier molecular flexibility index (Phi) is 6.35. The van der Waals surface area contributed by atoms with Crippen molar-refractivity contribution >= 4 is 11.8 Å². The minimum Gasteiger partial charge on any atom is -0.486 e. The summed E-state index contributed by atoms with van der Waals surface area (Å²) in [7, 11) is 1.73. The van der Waals surface area contributed by atoms with Crippen LogP contribution in [0.15, 0.2) is 23.2 Å². The zero-order valence-corrected chi connectivity index (χ0v) is 14.6. The number of carbonyl (C=O) groups is 1. The molecule has 1 aromatic carbocycles. The van der Waals surface area contributed by atoms with Crippen molar-refractivity contribution < 1.29 is 19.5 Å². The molecule has 1 aromatic rings. The van der Waals surface area contributed by atoms with Crippen LogP contribution < -0.4 is 21.7 Å². The van der Waals surface area contributed by atoms with Crippen molar-refractivity contribution in [1.82, 2.24) is 5.32 Å². The molecule has 0 aromatic heterocycles. The first-order chi connectivity index (χ1) is 12.0. The van der Waals surface area contributed by atoms with Gasteiger partial charge in [-0.1, -0.05) is 0 Å². The molecule has 0 saturated carbocycles. The van der Waals surface area contributed by atoms with Crippen LogP contribution in [0.5, 0.6) is 5.75 Å². The molecule has 2 unspecified atom stereocenters. The van der Waals surface area contributed by atoms with Crippen LogP contribution in [-0.2, 0) is 16.1 Å². The summed E-state index contributed by atoms with van der Waals surface area (Å²) in [4.78, 5) is 20.5. The maximum Gasteiger partial charge on any atom is 0.341 e. The molecular weight excluding hydrogens is 324 g/mol. The molecule has 138 valence electrons. The second-order valence-corrected chi connectivity index (χ2v) is 6.14. The Balaban J connectivity index is 2.17. The van der Waals surface area contributed by atoms with Crippen LogP contribution in [0, 0.1) is 0 Å². The first-order valence-corrected chi connectivity index (χ1v) is 8.28. The van der Waals surface area contributed by atoms with Crippen LogP contribution in [0.2, 0.25) is 0 Å². The molecule has 0 aliphatic carbocycles. The lowest BCUT2D eigenvalue weighted by molar-refractivity contribution is -0.179. The topological polar surface area (TPSA) is 132 Å². The number of nitrogens with two attached hydrogens (primary N) is 2. The summed E-state index contributed by atoms with van der Waals surface area (Å²) in [5.41, 5.74) is 5.88. The van der Waals surface area contributed by atoms with Gasteiger partial charge in [-0.2, -0.15) is 0 Å². The van der Waals surface area contributed by atoms with Gasteiger partial charge in [0.2, 0.25) is 5.60 Å². The average Bonchev–Trinajstić information content (AvgIpc) is 2.63. The number of benzene rings is 1. The van der Waals surface area contributed by atoms with Crippen molar-refractivity contribution in [3.63, 3.8) is 0 Å². The highest BCUT2D eigenvalue weighted by Crippen LogP contribution is 2.33. The number of rotatable bonds is 7. The van der Waals surface area contributed by atoms with E-state index in [2.05, 4.69) is 10.3 Å². The Hall–Kier alpha value is -2.16. The monoisotopic (exact) mass is 350 g/mol. The number of ether oxygens (including phenoxy) is 1. The molecule has 1 aliphatic rings. The molecule has 0 saturated heterocycles. The van der Waals surface area contributed by atoms with Crippen LogP contribution in [0.25, 0.3) is 0 Å². The molecule has 1 heterocycles. The van der Waals surface area contributed by atoms with Crippen molar-refractivity contribution in [2.75, 3.05) is 20.1 Å². The molecule has 0 spiro atoms. The number of nitrogens with one attached hydrogen (secondary N) is 1. The van der Waals surface area contributed by atoms with E-state index in [0.717, 1.165) is 29.9 Å². The number of nitrogens with zero attached hydrogens (tertiary/aromatic N) is 1. The quantitative estimate of drug-likeness (QED) is 0.243. The van der Waals surface area contributed by atoms with Gasteiger partial charge >= 0.3 is 5.97 Å². The zero-order chi connectivity index (χ0) is 18.4. The van der Waals surface area contributed by atoms with E-state index in [1.165, 1.54) is 6.92 Å². The first-order valence-electron chi connectivity index (χ1n) is 8.28. The third kappa shape index (κ3) is 4.09. The van der Waals surface area contributed by atoms with E-state index >= 15 is 0 Å². The highest BCUT2D eigenvalue weighted by atomic mass is 16.7. The lowest BCUT2D eigenvalue weighted by atomic mass is 9.90. The molecule has 0 radical (unpaired) electrons. The number of carboxylic acids is 1. The van der Waals surface area contributed by atoms with Crippen LogP contribution in [0.1, 0.15) is 30.9 Å². The van der Waals surface area contributed by atoms with E-state index in [1.54, 1.807) is 7.05 Å². The van der Waals surface area contributed by atoms with Crippen LogP contribution in [0.4, 0.5) is 0 Å². The molecule has 2 atom stereocenters. The highest BCUT2D eigenvalue weighted by molar-refractivity contribution is 5.99. The fraction of sp³-hybridized carbons (Fsp3) is 0.529. The van der Waals surface area contributed by atoms with Crippen LogP contribution in [-0.4, -0.2) is 48.8 Å². The van der Waals surface area contributed by atoms with Gasteiger partial charge in [-0.25, -0.2) is 10.7 Å². The summed E-state index contributed by atoms with van der Waals surface area (Å²) < 4.78 is 5.85. The fourth-order valence-corrected chi connectivity index (χ4v) is 2.81. The molecule has 0 bridgehead atoms. The molecule has 8 heteroatoms. The van der Waals surface area contributed by atoms with Gasteiger partial charge in [0.15, 0.2) is 0 Å². The van der Waals surface area contributed by atoms with Crippen molar-refractivity contribution in [1.29, 1.82) is 0 Å². The average molecular weight is 350 g/mol. The summed E-state index contributed by atoms with van der Waals surface area (Å²) in [6, 6.07) is 5.72. The van der Waals surface area contributed by atoms with Gasteiger partial charge in [-0.15, -0.1) is 0 Å². The van der Waals surface area contributed by atoms with Crippen LogP contribution in [0.3, 0.4) is 0 Å². The van der Waals surface area contributed by atoms with Crippen molar-refractivity contribution in [3.05, 3.63) is 29.3 Å². The van der Waals surface area contributed by atoms with Gasteiger partial charge in [-0.3, -0.25) is 9.83 Å². The number of hydrogen-bond acceptors (Lipinski definition) is 6. The summed E-state index contributed by atoms with van der Waals surface area (Å²) in [5, 5.41) is 12.6. The Bertz CT molecular complexity index is 650. The second-order valence-electron chi connectivity index (χ2n) is 6.14. The number of amidine groups is 1. The number of hydrogen-bond donors (Lipinski definition) is 4. The maximum atomic E-state index is 11.5. The molecular formula is C17H26N4O4. The number of aliphatic imine (C=N–C) groups is 1. The number of aliphatic carboxylic acids is 1. The second kappa shape index (κ2) is 8.28. The smallest absolute Gasteiger partial charge is 0.341 e. The molecule has 0 fully saturated rings. The Morgan fingerprint density at radius 1 is 1.56 bits per heavy atom. The molecule has 8 nitrogen and oxygen atoms in total. The third-order valence-electron chi connectivity index (χ3n) is 4.46. The third-order valence-corrected chi connectivity index (χ3v) is 4.46. The van der Waals surface area contributed by atoms with E-state index in [-0.39, 0.29) is 0 Å². The van der Waals surface area contributed by atoms with E-state index in [0.29, 0.717) is 25.1 Å². The predicted octanol–water partition coefficient (Wildman–Crippen LogP) is 0.429. The lowest BCUT2D eigenvalue weighted by Gasteiger charge is -2.35. The zero-order valence-electron chi connectivity index (χ0n) is 14.6. The first kappa shape index (κ1) is 19.2. The molecule has 1 aliphatic heterocycles. The van der Waals surface area contributed by atoms with Gasteiger partial charge in [-0.05, 0) is 56.5 Å². The number of carboxylic acid groups (broad SMARTS) is 1. The summed E-state index contributed by atoms with van der Waals surface area (Å²) >= 11 is 0. The van der Waals surface area contributed by atoms with Gasteiger partial charge < -0.3 is 20.9 Å². The van der Waals surface area contributed by atoms with E-state index in [1.807, 2.05) is 18.2 Å². The van der Waals surface area contributed by atoms with Gasteiger partial charge in [0.05, 0.1) is 0 Å². The molecule has 6 N–H and O–H groups in total. The maximum absolute atomic E-state index is 11.5. The normalized spacial score (nSPS) is 19.5. The van der Waals surface area contributed by atoms with Crippen molar-refractivity contribution in [2.45, 2.75) is 37.9 Å². The number of fused-ring (bicyclic) bond motifs is 1. The lowest BCUT2D eigenvalue weighted by Crippen LogP contribution is -2.54. The molecule has 0 amide bonds. The SMILES string of the molecule is CN=C(NCCCN)c1ccc2c(c1)CCC(C(C)(ON)C(=O)O)O2. The van der Waals surface area contributed by atoms with E-state index < -0.39 is 17.7 Å². The van der Waals surface area contributed by atoms with E-state index in [9.17, 15) is 9.90 Å². The molecule has 2 rings (SSSR count). The standard InChI is InChI=1S/C17H26N4O4/c1-17(25-19,16(22)23)14-7-5-11-10-12(4-6-13(11)24-14)15(20-2)21-9-3-8-18/h4,6,10,14H,3,5,7-9,18-19H2,1-2H3,(H,20,21)(H,22,23). The largest absolute Gasteiger partial charge is 0.486 e. The van der Waals surface area contributed by atoms with Gasteiger partial charge in [0.25, 0.3) is 0 Å². The van der Waals surface area contributed by atoms with Gasteiger partial charge in [0, 0.05) is 19.2 Å². The Morgan fingerprint density at radius 3 is 2.92 bits per heavy atom. The van der Waals surface area contributed by atoms with E-state index in [4.69, 9.17) is 21.2 Å². The highest BCUT2D eigenvalue weighted by Gasteiger charge is 2.46. The van der Waals surface area contributed by atoms with Crippen molar-refractivity contribution in [2.24, 2.45) is 16.6 Å². The predicted molar refractivity (Wildman–Crippen MR) is 94.6 cm³/mol. The molecule has 25 heavy (non-hydrogen) atoms. The summed E-state index contributed by atoms with van der Waals surface area (Å²) in [5.74, 6) is 5.49. The Labute approximate surface area is 147 Å². The van der Waals surface area contributed by atoms with Crippen LogP contribution >= 0.6 is 0 Å². The minimum absolute atomic E-state index is 0.496. The fourth-order valence-electron chi connectivity index (χ4n) is 2.81. The summed E-state index contributed by atoms with van der Waals surface area (Å²) in [6.07, 6.45) is 1.37. The number of aryl methyl sites for hydroxylation is 1. The van der Waals surface area contributed by atoms with Crippen molar-refractivity contribution in [3.8, 4) is 5.75 Å². The Morgan fingerprint density at radius 2 is 2.32 bits per heavy atom. The minimum atomic E-state index is -1.59. The summed E-state index contributed by atoms with van der Waals surface area (Å²) in [6.45, 7) is 2.79. The van der Waals surface area contributed by atoms with Gasteiger partial charge in [0.1, 0.15) is 17.7 Å².